The number of hydrogen-bond donors (Lipinski definition) is 3. The first kappa shape index (κ1) is 26.4. The molecule has 8 heteroatoms. The molecule has 7 nitrogen and oxygen atoms in total. The van der Waals surface area contributed by atoms with Crippen LogP contribution in [0.15, 0.2) is 89.8 Å². The number of amides is 1. The minimum atomic E-state index is -3.57. The number of carbonyl (C=O) groups is 1. The van der Waals surface area contributed by atoms with E-state index in [9.17, 15) is 18.3 Å². The predicted octanol–water partition coefficient (Wildman–Crippen LogP) is 2.74. The van der Waals surface area contributed by atoms with Gasteiger partial charge in [-0.1, -0.05) is 60.7 Å². The maximum absolute atomic E-state index is 12.7. The Morgan fingerprint density at radius 2 is 1.60 bits per heavy atom. The van der Waals surface area contributed by atoms with E-state index in [2.05, 4.69) is 10.6 Å². The van der Waals surface area contributed by atoms with Gasteiger partial charge in [0.1, 0.15) is 5.75 Å². The van der Waals surface area contributed by atoms with Crippen LogP contribution in [0.4, 0.5) is 0 Å². The lowest BCUT2D eigenvalue weighted by Gasteiger charge is -2.25. The van der Waals surface area contributed by atoms with E-state index in [0.29, 0.717) is 13.0 Å². The topological polar surface area (TPSA) is 105 Å². The van der Waals surface area contributed by atoms with E-state index in [0.717, 1.165) is 16.9 Å². The average Bonchev–Trinajstić information content (AvgIpc) is 2.88. The van der Waals surface area contributed by atoms with Gasteiger partial charge in [0.15, 0.2) is 9.84 Å². The number of nitrogens with one attached hydrogen (secondary N) is 2. The van der Waals surface area contributed by atoms with Crippen molar-refractivity contribution >= 4 is 15.7 Å². The van der Waals surface area contributed by atoms with Crippen molar-refractivity contribution < 1.29 is 23.1 Å². The van der Waals surface area contributed by atoms with Gasteiger partial charge in [-0.05, 0) is 41.8 Å². The molecule has 0 spiro atoms. The van der Waals surface area contributed by atoms with Gasteiger partial charge >= 0.3 is 0 Å². The van der Waals surface area contributed by atoms with Gasteiger partial charge in [-0.15, -0.1) is 0 Å². The van der Waals surface area contributed by atoms with E-state index in [1.165, 1.54) is 12.1 Å². The van der Waals surface area contributed by atoms with Crippen LogP contribution in [0.1, 0.15) is 17.5 Å². The first-order valence-corrected chi connectivity index (χ1v) is 13.2. The molecule has 0 saturated carbocycles. The summed E-state index contributed by atoms with van der Waals surface area (Å²) >= 11 is 0. The molecule has 0 aromatic heterocycles. The molecule has 3 aromatic carbocycles. The molecule has 186 valence electrons. The van der Waals surface area contributed by atoms with E-state index in [4.69, 9.17) is 4.74 Å². The lowest BCUT2D eigenvalue weighted by Crippen LogP contribution is -2.48. The Bertz CT molecular complexity index is 1170. The second-order valence-corrected chi connectivity index (χ2v) is 10.4. The third-order valence-corrected chi connectivity index (χ3v) is 7.36. The van der Waals surface area contributed by atoms with Crippen molar-refractivity contribution in [1.82, 2.24) is 10.6 Å². The van der Waals surface area contributed by atoms with Crippen molar-refractivity contribution in [2.75, 3.05) is 19.4 Å². The molecule has 0 aliphatic heterocycles. The highest BCUT2D eigenvalue weighted by Gasteiger charge is 2.23. The fourth-order valence-corrected chi connectivity index (χ4v) is 4.95. The molecule has 0 radical (unpaired) electrons. The lowest BCUT2D eigenvalue weighted by molar-refractivity contribution is -0.122. The summed E-state index contributed by atoms with van der Waals surface area (Å²) in [5.74, 6) is 0.0345. The highest BCUT2D eigenvalue weighted by atomic mass is 32.2. The monoisotopic (exact) mass is 496 g/mol. The highest BCUT2D eigenvalue weighted by molar-refractivity contribution is 7.91. The second kappa shape index (κ2) is 13.0. The van der Waals surface area contributed by atoms with Crippen molar-refractivity contribution in [3.63, 3.8) is 0 Å². The number of carbonyl (C=O) groups excluding carboxylic acids is 1. The quantitative estimate of drug-likeness (QED) is 0.336. The molecule has 0 fully saturated rings. The van der Waals surface area contributed by atoms with Gasteiger partial charge in [0.2, 0.25) is 5.91 Å². The van der Waals surface area contributed by atoms with Gasteiger partial charge in [0, 0.05) is 19.5 Å². The van der Waals surface area contributed by atoms with Crippen LogP contribution in [0.25, 0.3) is 0 Å². The highest BCUT2D eigenvalue weighted by Crippen LogP contribution is 2.13. The zero-order valence-electron chi connectivity index (χ0n) is 19.8. The van der Waals surface area contributed by atoms with Crippen molar-refractivity contribution in [3.05, 3.63) is 96.1 Å². The number of hydrogen-bond acceptors (Lipinski definition) is 6. The summed E-state index contributed by atoms with van der Waals surface area (Å²) in [6.07, 6.45) is -0.651. The second-order valence-electron chi connectivity index (χ2n) is 8.30. The molecule has 0 aliphatic carbocycles. The molecule has 3 rings (SSSR count). The number of aliphatic hydroxyl groups is 1. The Morgan fingerprint density at radius 1 is 0.943 bits per heavy atom. The molecule has 3 N–H and O–H groups in total. The fourth-order valence-electron chi connectivity index (χ4n) is 3.69. The molecule has 2 atom stereocenters. The first-order valence-electron chi connectivity index (χ1n) is 11.5. The van der Waals surface area contributed by atoms with Gasteiger partial charge in [-0.25, -0.2) is 8.42 Å². The molecule has 0 heterocycles. The average molecular weight is 497 g/mol. The summed E-state index contributed by atoms with van der Waals surface area (Å²) in [5, 5.41) is 16.9. The SMILES string of the molecule is COc1cccc(CNC[C@@H](O)C(Cc2ccccc2)NC(=O)CCS(=O)(=O)c2ccccc2)c1. The number of methoxy groups -OCH3 is 1. The summed E-state index contributed by atoms with van der Waals surface area (Å²) in [5.41, 5.74) is 1.97. The van der Waals surface area contributed by atoms with Gasteiger partial charge < -0.3 is 20.5 Å². The molecular formula is C27H32N2O5S. The zero-order chi connectivity index (χ0) is 25.1. The van der Waals surface area contributed by atoms with Crippen LogP contribution in [0.5, 0.6) is 5.75 Å². The van der Waals surface area contributed by atoms with Crippen molar-refractivity contribution in [1.29, 1.82) is 0 Å². The van der Waals surface area contributed by atoms with E-state index < -0.39 is 27.9 Å². The van der Waals surface area contributed by atoms with Gasteiger partial charge in [0.25, 0.3) is 0 Å². The summed E-state index contributed by atoms with van der Waals surface area (Å²) in [4.78, 5) is 12.9. The Hall–Kier alpha value is -3.20. The molecule has 0 aliphatic rings. The summed E-state index contributed by atoms with van der Waals surface area (Å²) in [7, 11) is -1.96. The van der Waals surface area contributed by atoms with Crippen LogP contribution in [-0.4, -0.2) is 51.0 Å². The van der Waals surface area contributed by atoms with Crippen LogP contribution in [0.3, 0.4) is 0 Å². The van der Waals surface area contributed by atoms with Gasteiger partial charge in [0.05, 0.1) is 29.9 Å². The normalized spacial score (nSPS) is 13.1. The first-order chi connectivity index (χ1) is 16.9. The molecule has 0 bridgehead atoms. The maximum Gasteiger partial charge on any atom is 0.221 e. The summed E-state index contributed by atoms with van der Waals surface area (Å²) in [6, 6.07) is 24.7. The Morgan fingerprint density at radius 3 is 2.29 bits per heavy atom. The number of rotatable bonds is 13. The van der Waals surface area contributed by atoms with Crippen LogP contribution >= 0.6 is 0 Å². The summed E-state index contributed by atoms with van der Waals surface area (Å²) in [6.45, 7) is 0.771. The molecular weight excluding hydrogens is 464 g/mol. The third kappa shape index (κ3) is 8.51. The molecule has 1 amide bonds. The van der Waals surface area contributed by atoms with Crippen molar-refractivity contribution in [2.24, 2.45) is 0 Å². The van der Waals surface area contributed by atoms with Crippen LogP contribution < -0.4 is 15.4 Å². The maximum atomic E-state index is 12.7. The Labute approximate surface area is 207 Å². The van der Waals surface area contributed by atoms with Gasteiger partial charge in [-0.3, -0.25) is 4.79 Å². The van der Waals surface area contributed by atoms with E-state index >= 15 is 0 Å². The fraction of sp³-hybridized carbons (Fsp3) is 0.296. The molecule has 35 heavy (non-hydrogen) atoms. The van der Waals surface area contributed by atoms with Crippen LogP contribution in [-0.2, 0) is 27.6 Å². The standard InChI is InChI=1S/C27H32N2O5S/c1-34-23-12-8-11-22(17-23)19-28-20-26(30)25(18-21-9-4-2-5-10-21)29-27(31)15-16-35(32,33)24-13-6-3-7-14-24/h2-14,17,25-26,28,30H,15-16,18-20H2,1H3,(H,29,31)/t25?,26-/m1/s1. The number of aliphatic hydroxyl groups excluding tert-OH is 1. The molecule has 0 saturated heterocycles. The summed E-state index contributed by atoms with van der Waals surface area (Å²) < 4.78 is 30.3. The molecule has 3 aromatic rings. The minimum absolute atomic E-state index is 0.188. The van der Waals surface area contributed by atoms with Crippen LogP contribution in [0.2, 0.25) is 0 Å². The number of benzene rings is 3. The van der Waals surface area contributed by atoms with E-state index in [1.54, 1.807) is 25.3 Å². The minimum Gasteiger partial charge on any atom is -0.497 e. The third-order valence-electron chi connectivity index (χ3n) is 5.63. The zero-order valence-corrected chi connectivity index (χ0v) is 20.6. The van der Waals surface area contributed by atoms with Crippen molar-refractivity contribution in [2.45, 2.75) is 36.4 Å². The Balaban J connectivity index is 1.59. The van der Waals surface area contributed by atoms with E-state index in [1.807, 2.05) is 54.6 Å². The smallest absolute Gasteiger partial charge is 0.221 e. The number of ether oxygens (including phenoxy) is 1. The Kier molecular flexibility index (Phi) is 9.84. The van der Waals surface area contributed by atoms with E-state index in [-0.39, 0.29) is 23.6 Å². The number of sulfone groups is 1. The predicted molar refractivity (Wildman–Crippen MR) is 136 cm³/mol. The van der Waals surface area contributed by atoms with Crippen LogP contribution in [0, 0.1) is 0 Å². The van der Waals surface area contributed by atoms with Gasteiger partial charge in [-0.2, -0.15) is 0 Å². The lowest BCUT2D eigenvalue weighted by atomic mass is 10.0. The molecule has 1 unspecified atom stereocenters. The van der Waals surface area contributed by atoms with Crippen molar-refractivity contribution in [3.8, 4) is 5.75 Å². The largest absolute Gasteiger partial charge is 0.497 e.